The number of anilines is 1. The SMILES string of the molecule is CCCC[C@H]1C(=O)O[C@H](C)[C@H](NC(=O)c2cccc(NC=O)c2O)C(=O)O[C@@H](C)[C@@H]1OC(=O)[C@@H](C)CC. The molecule has 1 aromatic rings. The second-order valence-corrected chi connectivity index (χ2v) is 9.16. The maximum Gasteiger partial charge on any atom is 0.332 e. The summed E-state index contributed by atoms with van der Waals surface area (Å²) < 4.78 is 16.8. The molecule has 1 aromatic carbocycles. The molecule has 204 valence electrons. The Balaban J connectivity index is 2.36. The van der Waals surface area contributed by atoms with Crippen LogP contribution in [-0.2, 0) is 33.4 Å². The summed E-state index contributed by atoms with van der Waals surface area (Å²) in [4.78, 5) is 62.6. The highest BCUT2D eigenvalue weighted by molar-refractivity contribution is 6.01. The van der Waals surface area contributed by atoms with Crippen molar-refractivity contribution in [2.24, 2.45) is 11.8 Å². The summed E-state index contributed by atoms with van der Waals surface area (Å²) in [6.07, 6.45) is -0.558. The Morgan fingerprint density at radius 2 is 1.81 bits per heavy atom. The molecular weight excluding hydrogens is 484 g/mol. The summed E-state index contributed by atoms with van der Waals surface area (Å²) in [7, 11) is 0. The van der Waals surface area contributed by atoms with Crippen molar-refractivity contribution in [2.45, 2.75) is 84.7 Å². The zero-order valence-corrected chi connectivity index (χ0v) is 21.8. The molecule has 11 heteroatoms. The number of benzene rings is 1. The van der Waals surface area contributed by atoms with E-state index >= 15 is 0 Å². The Morgan fingerprint density at radius 1 is 1.14 bits per heavy atom. The molecule has 0 radical (unpaired) electrons. The van der Waals surface area contributed by atoms with E-state index in [1.807, 2.05) is 13.8 Å². The highest BCUT2D eigenvalue weighted by Gasteiger charge is 2.44. The third kappa shape index (κ3) is 7.43. The van der Waals surface area contributed by atoms with Gasteiger partial charge < -0.3 is 30.0 Å². The maximum atomic E-state index is 13.2. The van der Waals surface area contributed by atoms with Crippen LogP contribution in [0.25, 0.3) is 0 Å². The number of phenolic OH excluding ortho intramolecular Hbond substituents is 1. The van der Waals surface area contributed by atoms with Crippen LogP contribution in [0.3, 0.4) is 0 Å². The maximum absolute atomic E-state index is 13.2. The van der Waals surface area contributed by atoms with Crippen LogP contribution in [0.15, 0.2) is 18.2 Å². The number of ether oxygens (including phenoxy) is 3. The smallest absolute Gasteiger partial charge is 0.332 e. The lowest BCUT2D eigenvalue weighted by atomic mass is 9.92. The van der Waals surface area contributed by atoms with Gasteiger partial charge in [0.05, 0.1) is 23.1 Å². The van der Waals surface area contributed by atoms with Crippen LogP contribution in [0.4, 0.5) is 5.69 Å². The highest BCUT2D eigenvalue weighted by Crippen LogP contribution is 2.29. The van der Waals surface area contributed by atoms with Gasteiger partial charge in [0.1, 0.15) is 12.2 Å². The minimum Gasteiger partial charge on any atom is -0.505 e. The number of carbonyl (C=O) groups is 5. The molecule has 2 amide bonds. The summed E-state index contributed by atoms with van der Waals surface area (Å²) in [5.41, 5.74) is -0.218. The molecule has 37 heavy (non-hydrogen) atoms. The average Bonchev–Trinajstić information content (AvgIpc) is 2.88. The summed E-state index contributed by atoms with van der Waals surface area (Å²) in [6.45, 7) is 8.44. The first-order valence-electron chi connectivity index (χ1n) is 12.5. The van der Waals surface area contributed by atoms with Gasteiger partial charge in [-0.25, -0.2) is 4.79 Å². The van der Waals surface area contributed by atoms with Crippen LogP contribution in [0.2, 0.25) is 0 Å². The van der Waals surface area contributed by atoms with E-state index in [1.165, 1.54) is 32.0 Å². The number of nitrogens with one attached hydrogen (secondary N) is 2. The largest absolute Gasteiger partial charge is 0.505 e. The monoisotopic (exact) mass is 520 g/mol. The van der Waals surface area contributed by atoms with Crippen molar-refractivity contribution in [2.75, 3.05) is 5.32 Å². The number of para-hydroxylation sites is 1. The third-order valence-electron chi connectivity index (χ3n) is 6.41. The van der Waals surface area contributed by atoms with Crippen molar-refractivity contribution < 1.29 is 43.3 Å². The van der Waals surface area contributed by atoms with Gasteiger partial charge in [-0.05, 0) is 38.8 Å². The van der Waals surface area contributed by atoms with Crippen LogP contribution in [0.5, 0.6) is 5.75 Å². The van der Waals surface area contributed by atoms with Crippen molar-refractivity contribution in [3.63, 3.8) is 0 Å². The topological polar surface area (TPSA) is 157 Å². The van der Waals surface area contributed by atoms with Gasteiger partial charge in [-0.2, -0.15) is 0 Å². The van der Waals surface area contributed by atoms with Crippen molar-refractivity contribution in [3.8, 4) is 5.75 Å². The van der Waals surface area contributed by atoms with E-state index in [1.54, 1.807) is 6.92 Å². The fourth-order valence-corrected chi connectivity index (χ4v) is 3.92. The van der Waals surface area contributed by atoms with Gasteiger partial charge in [0.25, 0.3) is 5.91 Å². The number of phenols is 1. The van der Waals surface area contributed by atoms with Crippen LogP contribution in [0, 0.1) is 11.8 Å². The van der Waals surface area contributed by atoms with Gasteiger partial charge in [-0.1, -0.05) is 39.7 Å². The van der Waals surface area contributed by atoms with Gasteiger partial charge in [-0.15, -0.1) is 0 Å². The number of hydrogen-bond donors (Lipinski definition) is 3. The molecule has 6 atom stereocenters. The molecular formula is C26H36N2O9. The van der Waals surface area contributed by atoms with Crippen molar-refractivity contribution in [1.82, 2.24) is 5.32 Å². The van der Waals surface area contributed by atoms with Crippen molar-refractivity contribution in [3.05, 3.63) is 23.8 Å². The van der Waals surface area contributed by atoms with Gasteiger partial charge in [0, 0.05) is 0 Å². The number of cyclic esters (lactones) is 2. The molecule has 0 saturated carbocycles. The first-order valence-corrected chi connectivity index (χ1v) is 12.5. The van der Waals surface area contributed by atoms with Gasteiger partial charge in [-0.3, -0.25) is 19.2 Å². The molecule has 1 fully saturated rings. The molecule has 2 rings (SSSR count). The third-order valence-corrected chi connectivity index (χ3v) is 6.41. The van der Waals surface area contributed by atoms with E-state index in [2.05, 4.69) is 10.6 Å². The Bertz CT molecular complexity index is 996. The van der Waals surface area contributed by atoms with E-state index in [0.717, 1.165) is 6.42 Å². The quantitative estimate of drug-likeness (QED) is 0.183. The zero-order chi connectivity index (χ0) is 27.7. The van der Waals surface area contributed by atoms with Crippen LogP contribution >= 0.6 is 0 Å². The normalized spacial score (nSPS) is 24.8. The number of hydrogen-bond acceptors (Lipinski definition) is 9. The van der Waals surface area contributed by atoms with E-state index < -0.39 is 65.8 Å². The molecule has 1 aliphatic rings. The van der Waals surface area contributed by atoms with E-state index in [-0.39, 0.29) is 11.3 Å². The Morgan fingerprint density at radius 3 is 2.43 bits per heavy atom. The van der Waals surface area contributed by atoms with Crippen molar-refractivity contribution >= 4 is 35.9 Å². The van der Waals surface area contributed by atoms with Gasteiger partial charge in [0.15, 0.2) is 17.9 Å². The second-order valence-electron chi connectivity index (χ2n) is 9.16. The first kappa shape index (κ1) is 29.6. The number of aromatic hydroxyl groups is 1. The van der Waals surface area contributed by atoms with Crippen LogP contribution in [-0.4, -0.2) is 59.7 Å². The number of unbranched alkanes of at least 4 members (excludes halogenated alkanes) is 1. The minimum atomic E-state index is -1.42. The minimum absolute atomic E-state index is 0.00229. The Kier molecular flexibility index (Phi) is 10.9. The lowest BCUT2D eigenvalue weighted by Crippen LogP contribution is -2.50. The summed E-state index contributed by atoms with van der Waals surface area (Å²) in [5.74, 6) is -4.73. The molecule has 0 unspecified atom stereocenters. The van der Waals surface area contributed by atoms with E-state index in [4.69, 9.17) is 14.2 Å². The van der Waals surface area contributed by atoms with Crippen molar-refractivity contribution in [1.29, 1.82) is 0 Å². The highest BCUT2D eigenvalue weighted by atomic mass is 16.6. The molecule has 1 saturated heterocycles. The summed E-state index contributed by atoms with van der Waals surface area (Å²) in [6, 6.07) is 2.70. The summed E-state index contributed by atoms with van der Waals surface area (Å²) in [5, 5.41) is 15.1. The average molecular weight is 521 g/mol. The summed E-state index contributed by atoms with van der Waals surface area (Å²) >= 11 is 0. The number of amides is 2. The van der Waals surface area contributed by atoms with Gasteiger partial charge in [0.2, 0.25) is 6.41 Å². The fourth-order valence-electron chi connectivity index (χ4n) is 3.92. The van der Waals surface area contributed by atoms with E-state index in [9.17, 15) is 29.1 Å². The van der Waals surface area contributed by atoms with E-state index in [0.29, 0.717) is 25.7 Å². The first-order chi connectivity index (χ1) is 17.5. The molecule has 0 aromatic heterocycles. The molecule has 0 spiro atoms. The molecule has 0 bridgehead atoms. The van der Waals surface area contributed by atoms with Crippen LogP contribution in [0.1, 0.15) is 70.7 Å². The fraction of sp³-hybridized carbons (Fsp3) is 0.577. The molecule has 0 aliphatic carbocycles. The molecule has 1 heterocycles. The lowest BCUT2D eigenvalue weighted by molar-refractivity contribution is -0.177. The number of carbonyl (C=O) groups excluding carboxylic acids is 5. The van der Waals surface area contributed by atoms with Crippen LogP contribution < -0.4 is 10.6 Å². The zero-order valence-electron chi connectivity index (χ0n) is 21.8. The molecule has 11 nitrogen and oxygen atoms in total. The predicted molar refractivity (Wildman–Crippen MR) is 133 cm³/mol. The molecule has 3 N–H and O–H groups in total. The number of esters is 3. The standard InChI is InChI=1S/C26H36N2O9/c1-6-8-10-18-22(37-24(32)14(3)7-2)16(5)36-26(34)20(15(4)35-25(18)33)28-23(31)17-11-9-12-19(21(17)30)27-13-29/h9,11-16,18,20,22,30H,6-8,10H2,1-5H3,(H,27,29)(H,28,31)/t14-,15+,16-,18+,20-,22-/m0/s1. The predicted octanol–water partition coefficient (Wildman–Crippen LogP) is 2.70. The lowest BCUT2D eigenvalue weighted by Gasteiger charge is -2.30. The Hall–Kier alpha value is -3.63. The Labute approximate surface area is 216 Å². The number of rotatable bonds is 10. The second kappa shape index (κ2) is 13.6. The van der Waals surface area contributed by atoms with Gasteiger partial charge >= 0.3 is 17.9 Å². The molecule has 1 aliphatic heterocycles.